The largest absolute Gasteiger partial charge is 0.354 e. The Morgan fingerprint density at radius 2 is 0.640 bits per heavy atom. The molecule has 5 nitrogen and oxygen atoms in total. The molecule has 0 spiro atoms. The van der Waals surface area contributed by atoms with Crippen molar-refractivity contribution in [1.82, 2.24) is 24.3 Å². The van der Waals surface area contributed by atoms with Crippen LogP contribution in [0.25, 0.3) is 117 Å². The molecule has 86 heavy (non-hydrogen) atoms. The van der Waals surface area contributed by atoms with Crippen molar-refractivity contribution in [2.45, 2.75) is 0 Å². The first-order chi connectivity index (χ1) is 40.5. The van der Waals surface area contributed by atoms with E-state index in [0.29, 0.717) is 46.9 Å². The molecule has 7 bridgehead atoms. The average molecular weight is 1290 g/mol. The quantitative estimate of drug-likeness (QED) is 0.106. The number of aromatic amines is 1. The average Bonchev–Trinajstić information content (AvgIpc) is 1.54. The lowest BCUT2D eigenvalue weighted by Crippen LogP contribution is -2.06. The molecule has 0 radical (unpaired) electrons. The predicted octanol–water partition coefficient (Wildman–Crippen LogP) is 18.2. The molecule has 0 saturated carbocycles. The molecule has 436 valence electrons. The van der Waals surface area contributed by atoms with Gasteiger partial charge in [0.15, 0.2) is 116 Å². The highest BCUT2D eigenvalue weighted by atomic mass is 79.9. The Kier molecular flexibility index (Phi) is 13.0. The Balaban J connectivity index is 1.52. The van der Waals surface area contributed by atoms with Crippen molar-refractivity contribution < 1.29 is 110 Å². The summed E-state index contributed by atoms with van der Waals surface area (Å²) in [6, 6.07) is 2.50. The lowest BCUT2D eigenvalue weighted by Gasteiger charge is -2.12. The van der Waals surface area contributed by atoms with Crippen molar-refractivity contribution in [1.29, 1.82) is 0 Å². The summed E-state index contributed by atoms with van der Waals surface area (Å²) in [5.41, 5.74) is -31.7. The van der Waals surface area contributed by atoms with Crippen LogP contribution in [-0.4, -0.2) is 24.3 Å². The third kappa shape index (κ3) is 7.59. The highest BCUT2D eigenvalue weighted by Crippen LogP contribution is 2.49. The van der Waals surface area contributed by atoms with Gasteiger partial charge in [0.1, 0.15) is 0 Å². The first kappa shape index (κ1) is 57.0. The van der Waals surface area contributed by atoms with Gasteiger partial charge in [0, 0.05) is 50.4 Å². The molecular weight excluding hydrogens is 1290 g/mol. The molecule has 1 aliphatic heterocycles. The van der Waals surface area contributed by atoms with E-state index in [1.54, 1.807) is 0 Å². The standard InChI is InChI=1S/C55H9BrF25N5/c56-27-9-7-17-54-22(26-36(65)46(75)52(81)47(76)37(26)66)16-6-5-15(86(16)17)10(18-28(57)38(67)48(77)39(68)29(18)58)8-82-53(9)20(24-32(61)42(71)50(79)43(72)33(24)62)13-3-1-11(83-13)19(23-30(59)40(69)49(78)41(70)31(23)60)12-2-4-14(84-12)21(55(27)85-54)25-34(63)44(73)51(80)45(74)35(25)64/h1-8,83H. The van der Waals surface area contributed by atoms with E-state index in [9.17, 15) is 17.6 Å². The molecule has 5 aromatic carbocycles. The molecule has 0 amide bonds. The van der Waals surface area contributed by atoms with Crippen LogP contribution in [0, 0.1) is 145 Å². The molecule has 0 unspecified atom stereocenters. The topological polar surface area (TPSA) is 58.9 Å². The maximum atomic E-state index is 16.8. The van der Waals surface area contributed by atoms with E-state index in [1.165, 1.54) is 0 Å². The van der Waals surface area contributed by atoms with Crippen molar-refractivity contribution in [3.8, 4) is 55.6 Å². The second-order valence-electron chi connectivity index (χ2n) is 18.3. The zero-order valence-corrected chi connectivity index (χ0v) is 41.8. The van der Waals surface area contributed by atoms with Gasteiger partial charge in [-0.1, -0.05) is 0 Å². The molecule has 11 aromatic rings. The van der Waals surface area contributed by atoms with E-state index < -0.39 is 266 Å². The van der Waals surface area contributed by atoms with Gasteiger partial charge in [-0.3, -0.25) is 4.98 Å². The first-order valence-corrected chi connectivity index (χ1v) is 23.9. The minimum Gasteiger partial charge on any atom is -0.354 e. The number of hydrogen-bond acceptors (Lipinski definition) is 3. The lowest BCUT2D eigenvalue weighted by molar-refractivity contribution is 0.381. The van der Waals surface area contributed by atoms with E-state index in [4.69, 9.17) is 0 Å². The summed E-state index contributed by atoms with van der Waals surface area (Å²) in [5, 5.41) is -1.29. The second-order valence-corrected chi connectivity index (χ2v) is 19.0. The van der Waals surface area contributed by atoms with Crippen LogP contribution in [0.5, 0.6) is 0 Å². The fourth-order valence-electron chi connectivity index (χ4n) is 10.0. The van der Waals surface area contributed by atoms with Gasteiger partial charge >= 0.3 is 0 Å². The van der Waals surface area contributed by atoms with Crippen LogP contribution < -0.4 is 0 Å². The molecule has 6 aromatic heterocycles. The summed E-state index contributed by atoms with van der Waals surface area (Å²) in [6.07, 6.45) is 0.909. The maximum absolute atomic E-state index is 16.8. The Labute approximate surface area is 464 Å². The number of benzene rings is 5. The van der Waals surface area contributed by atoms with Crippen molar-refractivity contribution >= 4 is 77.6 Å². The zero-order chi connectivity index (χ0) is 62.2. The van der Waals surface area contributed by atoms with Gasteiger partial charge in [0.2, 0.25) is 29.1 Å². The van der Waals surface area contributed by atoms with Gasteiger partial charge in [-0.05, 0) is 58.4 Å². The van der Waals surface area contributed by atoms with Crippen LogP contribution >= 0.6 is 15.9 Å². The van der Waals surface area contributed by atoms with Crippen LogP contribution in [0.4, 0.5) is 110 Å². The Morgan fingerprint density at radius 1 is 0.302 bits per heavy atom. The number of fused-ring (bicyclic) bond motifs is 5. The maximum Gasteiger partial charge on any atom is 0.200 e. The number of H-pyrrole nitrogens is 1. The molecule has 0 aliphatic carbocycles. The Morgan fingerprint density at radius 3 is 1.07 bits per heavy atom. The summed E-state index contributed by atoms with van der Waals surface area (Å²) in [4.78, 5) is 14.3. The number of halogens is 26. The molecule has 1 aliphatic rings. The third-order valence-electron chi connectivity index (χ3n) is 13.8. The summed E-state index contributed by atoms with van der Waals surface area (Å²) >= 11 is 2.93. The van der Waals surface area contributed by atoms with Crippen molar-refractivity contribution in [3.05, 3.63) is 198 Å². The van der Waals surface area contributed by atoms with Crippen molar-refractivity contribution in [2.24, 2.45) is 0 Å². The lowest BCUT2D eigenvalue weighted by atomic mass is 9.99. The molecule has 0 saturated heterocycles. The van der Waals surface area contributed by atoms with Gasteiger partial charge in [0.05, 0.1) is 76.8 Å². The van der Waals surface area contributed by atoms with E-state index in [0.717, 1.165) is 0 Å². The predicted molar refractivity (Wildman–Crippen MR) is 256 cm³/mol. The van der Waals surface area contributed by atoms with Crippen molar-refractivity contribution in [2.75, 3.05) is 0 Å². The van der Waals surface area contributed by atoms with Crippen LogP contribution in [0.3, 0.4) is 0 Å². The Hall–Kier alpha value is -9.42. The zero-order valence-electron chi connectivity index (χ0n) is 40.2. The van der Waals surface area contributed by atoms with Crippen LogP contribution in [0.15, 0.2) is 41.0 Å². The van der Waals surface area contributed by atoms with Gasteiger partial charge in [-0.25, -0.2) is 120 Å². The number of hydrogen-bond donors (Lipinski definition) is 1. The molecule has 1 N–H and O–H groups in total. The fourth-order valence-corrected chi connectivity index (χ4v) is 10.6. The van der Waals surface area contributed by atoms with E-state index in [2.05, 4.69) is 35.9 Å². The SMILES string of the molecule is Fc1c(F)c(F)c(-c2c3nc(c(-c4c(F)c(F)c(F)c(F)c4F)c4nc5c(-c6c(F)c(F)c(F)c(F)c6F)c6ccc7c(-c8c(F)c(F)c(F)c(F)c8F)cnc(c(-c8c(F)c(F)c(F)c(F)c8F)c8ccc2[nH]8)c(cc5n76)c4Br)C=C3)c(F)c1F. The van der Waals surface area contributed by atoms with Gasteiger partial charge in [0.25, 0.3) is 0 Å². The van der Waals surface area contributed by atoms with E-state index in [1.807, 2.05) is 0 Å². The molecular formula is C55H9BrF25N5. The Bertz CT molecular complexity index is 5010. The molecule has 0 fully saturated rings. The first-order valence-electron chi connectivity index (χ1n) is 23.1. The smallest absolute Gasteiger partial charge is 0.200 e. The molecule has 31 heteroatoms. The van der Waals surface area contributed by atoms with E-state index in [-0.39, 0.29) is 6.20 Å². The third-order valence-corrected chi connectivity index (χ3v) is 14.6. The van der Waals surface area contributed by atoms with Gasteiger partial charge < -0.3 is 9.38 Å². The number of aromatic nitrogens is 5. The number of nitrogens with one attached hydrogen (secondary N) is 1. The van der Waals surface area contributed by atoms with Crippen molar-refractivity contribution in [3.63, 3.8) is 0 Å². The summed E-state index contributed by atoms with van der Waals surface area (Å²) in [7, 11) is 0. The van der Waals surface area contributed by atoms with Gasteiger partial charge in [-0.15, -0.1) is 0 Å². The minimum absolute atomic E-state index is 0.0124. The molecule has 7 heterocycles. The number of nitrogens with zero attached hydrogens (tertiary/aromatic N) is 4. The summed E-state index contributed by atoms with van der Waals surface area (Å²) < 4.78 is 394. The normalized spacial score (nSPS) is 12.3. The highest BCUT2D eigenvalue weighted by molar-refractivity contribution is 9.10. The summed E-state index contributed by atoms with van der Waals surface area (Å²) in [5.74, 6) is -70.9. The summed E-state index contributed by atoms with van der Waals surface area (Å²) in [6.45, 7) is 0. The van der Waals surface area contributed by atoms with Crippen LogP contribution in [0.1, 0.15) is 11.4 Å². The fraction of sp³-hybridized carbons (Fsp3) is 0. The van der Waals surface area contributed by atoms with Crippen LogP contribution in [0.2, 0.25) is 0 Å². The van der Waals surface area contributed by atoms with E-state index >= 15 is 92.2 Å². The monoisotopic (exact) mass is 1290 g/mol. The minimum atomic E-state index is -2.95. The molecule has 0 atom stereocenters. The van der Waals surface area contributed by atoms with Gasteiger partial charge in [-0.2, -0.15) is 0 Å². The number of rotatable bonds is 5. The highest BCUT2D eigenvalue weighted by Gasteiger charge is 2.38. The van der Waals surface area contributed by atoms with Crippen LogP contribution in [-0.2, 0) is 0 Å². The molecule has 12 rings (SSSR count). The second kappa shape index (κ2) is 19.6.